The average molecular weight is 207 g/mol. The smallest absolute Gasteiger partial charge is 0.200 e. The second-order valence-electron chi connectivity index (χ2n) is 2.59. The van der Waals surface area contributed by atoms with Crippen LogP contribution in [-0.4, -0.2) is 17.8 Å². The minimum atomic E-state index is -5.34. The standard InChI is InChI=1S/C7H9F6/c1-3-5(8,9)7(12,13)6(10,11)4-2/h1,3-4H2,2H3. The topological polar surface area (TPSA) is 0 Å². The van der Waals surface area contributed by atoms with Crippen LogP contribution in [0.5, 0.6) is 0 Å². The third-order valence-electron chi connectivity index (χ3n) is 1.68. The van der Waals surface area contributed by atoms with E-state index in [1.807, 2.05) is 0 Å². The summed E-state index contributed by atoms with van der Waals surface area (Å²) in [5.74, 6) is -14.8. The van der Waals surface area contributed by atoms with Gasteiger partial charge >= 0.3 is 17.8 Å². The van der Waals surface area contributed by atoms with Crippen molar-refractivity contribution in [2.75, 3.05) is 0 Å². The maximum atomic E-state index is 12.4. The molecule has 0 atom stereocenters. The molecule has 6 heteroatoms. The largest absolute Gasteiger partial charge is 0.371 e. The van der Waals surface area contributed by atoms with Crippen molar-refractivity contribution in [3.8, 4) is 0 Å². The van der Waals surface area contributed by atoms with Gasteiger partial charge < -0.3 is 0 Å². The highest BCUT2D eigenvalue weighted by atomic mass is 19.3. The van der Waals surface area contributed by atoms with Crippen molar-refractivity contribution in [3.05, 3.63) is 6.92 Å². The van der Waals surface area contributed by atoms with E-state index >= 15 is 0 Å². The SMILES string of the molecule is [CH2]CC(F)(F)C(F)(F)C(F)(F)CC. The van der Waals surface area contributed by atoms with Crippen molar-refractivity contribution in [1.29, 1.82) is 0 Å². The second kappa shape index (κ2) is 3.38. The fourth-order valence-corrected chi connectivity index (χ4v) is 0.647. The second-order valence-corrected chi connectivity index (χ2v) is 2.59. The molecular formula is C7H9F6. The molecule has 0 aromatic heterocycles. The van der Waals surface area contributed by atoms with Crippen molar-refractivity contribution in [2.24, 2.45) is 0 Å². The normalized spacial score (nSPS) is 14.8. The number of hydrogen-bond donors (Lipinski definition) is 0. The fraction of sp³-hybridized carbons (Fsp3) is 0.857. The van der Waals surface area contributed by atoms with Gasteiger partial charge in [-0.2, -0.15) is 26.3 Å². The molecule has 0 aliphatic rings. The molecule has 0 aliphatic carbocycles. The maximum absolute atomic E-state index is 12.4. The Morgan fingerprint density at radius 1 is 0.923 bits per heavy atom. The van der Waals surface area contributed by atoms with E-state index in [1.54, 1.807) is 0 Å². The number of rotatable bonds is 4. The lowest BCUT2D eigenvalue weighted by molar-refractivity contribution is -0.308. The molecule has 0 N–H and O–H groups in total. The van der Waals surface area contributed by atoms with E-state index in [2.05, 4.69) is 6.92 Å². The summed E-state index contributed by atoms with van der Waals surface area (Å²) in [7, 11) is 0. The van der Waals surface area contributed by atoms with E-state index in [-0.39, 0.29) is 0 Å². The summed E-state index contributed by atoms with van der Waals surface area (Å²) in [5, 5.41) is 0. The molecule has 0 aromatic rings. The first kappa shape index (κ1) is 12.6. The van der Waals surface area contributed by atoms with Crippen LogP contribution in [0.15, 0.2) is 0 Å². The average Bonchev–Trinajstić information content (AvgIpc) is 2.03. The van der Waals surface area contributed by atoms with Crippen LogP contribution >= 0.6 is 0 Å². The minimum Gasteiger partial charge on any atom is -0.200 e. The minimum absolute atomic E-state index is 0.715. The molecule has 0 heterocycles. The van der Waals surface area contributed by atoms with Gasteiger partial charge in [0.1, 0.15) is 0 Å². The Balaban J connectivity index is 4.95. The number of halogens is 6. The predicted molar refractivity (Wildman–Crippen MR) is 35.1 cm³/mol. The fourth-order valence-electron chi connectivity index (χ4n) is 0.647. The van der Waals surface area contributed by atoms with Gasteiger partial charge in [-0.25, -0.2) is 0 Å². The molecular weight excluding hydrogens is 198 g/mol. The van der Waals surface area contributed by atoms with Crippen molar-refractivity contribution in [2.45, 2.75) is 37.5 Å². The zero-order valence-corrected chi connectivity index (χ0v) is 6.89. The van der Waals surface area contributed by atoms with Crippen molar-refractivity contribution in [1.82, 2.24) is 0 Å². The Hall–Kier alpha value is -0.420. The van der Waals surface area contributed by atoms with E-state index < -0.39 is 30.6 Å². The van der Waals surface area contributed by atoms with Crippen LogP contribution in [0.1, 0.15) is 19.8 Å². The zero-order valence-electron chi connectivity index (χ0n) is 6.89. The summed E-state index contributed by atoms with van der Waals surface area (Å²) in [6.07, 6.45) is -2.90. The number of alkyl halides is 6. The molecule has 79 valence electrons. The van der Waals surface area contributed by atoms with Gasteiger partial charge in [-0.1, -0.05) is 6.92 Å². The van der Waals surface area contributed by atoms with E-state index in [9.17, 15) is 26.3 Å². The molecule has 0 nitrogen and oxygen atoms in total. The van der Waals surface area contributed by atoms with Crippen molar-refractivity contribution >= 4 is 0 Å². The Bertz CT molecular complexity index is 156. The van der Waals surface area contributed by atoms with Crippen molar-refractivity contribution < 1.29 is 26.3 Å². The molecule has 0 rings (SSSR count). The van der Waals surface area contributed by atoms with Gasteiger partial charge in [-0.05, 0) is 6.92 Å². The first-order valence-corrected chi connectivity index (χ1v) is 3.55. The van der Waals surface area contributed by atoms with Crippen LogP contribution in [0.3, 0.4) is 0 Å². The Labute approximate surface area is 71.9 Å². The van der Waals surface area contributed by atoms with Crippen LogP contribution in [-0.2, 0) is 0 Å². The monoisotopic (exact) mass is 207 g/mol. The summed E-state index contributed by atoms with van der Waals surface area (Å²) in [5.41, 5.74) is 0. The predicted octanol–water partition coefficient (Wildman–Crippen LogP) is 3.53. The van der Waals surface area contributed by atoms with Crippen LogP contribution < -0.4 is 0 Å². The van der Waals surface area contributed by atoms with Gasteiger partial charge in [0.15, 0.2) is 0 Å². The summed E-state index contributed by atoms with van der Waals surface area (Å²) < 4.78 is 74.2. The van der Waals surface area contributed by atoms with Crippen LogP contribution in [0.25, 0.3) is 0 Å². The van der Waals surface area contributed by atoms with E-state index in [1.165, 1.54) is 0 Å². The first-order chi connectivity index (χ1) is 5.62. The summed E-state index contributed by atoms with van der Waals surface area (Å²) in [6, 6.07) is 0. The van der Waals surface area contributed by atoms with E-state index in [4.69, 9.17) is 0 Å². The molecule has 13 heavy (non-hydrogen) atoms. The van der Waals surface area contributed by atoms with Crippen molar-refractivity contribution in [3.63, 3.8) is 0 Å². The molecule has 0 unspecified atom stereocenters. The molecule has 0 amide bonds. The lowest BCUT2D eigenvalue weighted by atomic mass is 10.0. The summed E-state index contributed by atoms with van der Waals surface area (Å²) in [4.78, 5) is 0. The highest BCUT2D eigenvalue weighted by Gasteiger charge is 2.69. The quantitative estimate of drug-likeness (QED) is 0.618. The lowest BCUT2D eigenvalue weighted by Gasteiger charge is -2.31. The van der Waals surface area contributed by atoms with Crippen LogP contribution in [0.2, 0.25) is 0 Å². The first-order valence-electron chi connectivity index (χ1n) is 3.55. The number of hydrogen-bond acceptors (Lipinski definition) is 0. The molecule has 0 bridgehead atoms. The Morgan fingerprint density at radius 3 is 1.54 bits per heavy atom. The lowest BCUT2D eigenvalue weighted by Crippen LogP contribution is -2.53. The molecule has 0 saturated carbocycles. The molecule has 0 saturated heterocycles. The molecule has 0 fully saturated rings. The van der Waals surface area contributed by atoms with Gasteiger partial charge in [0.05, 0.1) is 0 Å². The van der Waals surface area contributed by atoms with E-state index in [0.29, 0.717) is 6.92 Å². The third kappa shape index (κ3) is 1.91. The van der Waals surface area contributed by atoms with Gasteiger partial charge in [0, 0.05) is 12.8 Å². The maximum Gasteiger partial charge on any atom is 0.371 e. The van der Waals surface area contributed by atoms with Crippen LogP contribution in [0, 0.1) is 6.92 Å². The Morgan fingerprint density at radius 2 is 1.31 bits per heavy atom. The molecule has 0 aromatic carbocycles. The van der Waals surface area contributed by atoms with Gasteiger partial charge in [0.2, 0.25) is 0 Å². The molecule has 0 spiro atoms. The molecule has 1 radical (unpaired) electrons. The highest BCUT2D eigenvalue weighted by molar-refractivity contribution is 4.95. The van der Waals surface area contributed by atoms with Gasteiger partial charge in [0.25, 0.3) is 0 Å². The summed E-state index contributed by atoms with van der Waals surface area (Å²) in [6.45, 7) is 3.22. The third-order valence-corrected chi connectivity index (χ3v) is 1.68. The van der Waals surface area contributed by atoms with Gasteiger partial charge in [-0.3, -0.25) is 0 Å². The van der Waals surface area contributed by atoms with Crippen LogP contribution in [0.4, 0.5) is 26.3 Å². The molecule has 0 aliphatic heterocycles. The highest BCUT2D eigenvalue weighted by Crippen LogP contribution is 2.48. The van der Waals surface area contributed by atoms with E-state index in [0.717, 1.165) is 0 Å². The Kier molecular flexibility index (Phi) is 3.27. The zero-order chi connectivity index (χ0) is 10.9. The summed E-state index contributed by atoms with van der Waals surface area (Å²) >= 11 is 0. The van der Waals surface area contributed by atoms with Gasteiger partial charge in [-0.15, -0.1) is 0 Å².